The lowest BCUT2D eigenvalue weighted by Gasteiger charge is -2.45. The molecule has 2 fully saturated rings. The third-order valence-electron chi connectivity index (χ3n) is 4.15. The van der Waals surface area contributed by atoms with Crippen LogP contribution < -0.4 is 11.1 Å². The van der Waals surface area contributed by atoms with Crippen LogP contribution in [0.1, 0.15) is 38.5 Å². The number of hydrogen-bond donors (Lipinski definition) is 3. The molecule has 16 heavy (non-hydrogen) atoms. The minimum Gasteiger partial charge on any atom is -0.480 e. The van der Waals surface area contributed by atoms with Gasteiger partial charge in [-0.1, -0.05) is 6.42 Å². The van der Waals surface area contributed by atoms with E-state index in [4.69, 9.17) is 10.8 Å². The molecule has 0 saturated heterocycles. The van der Waals surface area contributed by atoms with Crippen molar-refractivity contribution in [1.82, 2.24) is 5.32 Å². The molecular weight excluding hydrogens is 208 g/mol. The lowest BCUT2D eigenvalue weighted by atomic mass is 9.67. The van der Waals surface area contributed by atoms with Gasteiger partial charge in [-0.25, -0.2) is 4.79 Å². The van der Waals surface area contributed by atoms with Crippen LogP contribution in [0.15, 0.2) is 0 Å². The first kappa shape index (κ1) is 11.4. The first-order valence-electron chi connectivity index (χ1n) is 5.81. The van der Waals surface area contributed by atoms with E-state index in [2.05, 4.69) is 5.32 Å². The molecule has 0 aromatic carbocycles. The second-order valence-corrected chi connectivity index (χ2v) is 5.03. The Bertz CT molecular complexity index is 314. The van der Waals surface area contributed by atoms with Crippen LogP contribution in [0, 0.1) is 5.41 Å². The number of carbonyl (C=O) groups excluding carboxylic acids is 1. The standard InChI is InChI=1S/C11H18N2O3/c12-7-10(3-1-4-10)8(14)13-11(9(15)16)5-2-6-11/h1-7,12H2,(H,13,14)(H,15,16). The average molecular weight is 226 g/mol. The first-order valence-corrected chi connectivity index (χ1v) is 5.81. The van der Waals surface area contributed by atoms with E-state index in [9.17, 15) is 9.59 Å². The molecule has 0 heterocycles. The van der Waals surface area contributed by atoms with Crippen LogP contribution in [0.25, 0.3) is 0 Å². The highest BCUT2D eigenvalue weighted by molar-refractivity contribution is 5.91. The van der Waals surface area contributed by atoms with Crippen LogP contribution in [0.4, 0.5) is 0 Å². The van der Waals surface area contributed by atoms with Crippen LogP contribution in [0.5, 0.6) is 0 Å². The van der Waals surface area contributed by atoms with Crippen molar-refractivity contribution in [3.63, 3.8) is 0 Å². The largest absolute Gasteiger partial charge is 0.480 e. The minimum atomic E-state index is -1.01. The van der Waals surface area contributed by atoms with Crippen molar-refractivity contribution in [3.8, 4) is 0 Å². The molecule has 2 rings (SSSR count). The Morgan fingerprint density at radius 3 is 2.00 bits per heavy atom. The van der Waals surface area contributed by atoms with Crippen molar-refractivity contribution in [2.45, 2.75) is 44.1 Å². The van der Waals surface area contributed by atoms with E-state index in [-0.39, 0.29) is 5.91 Å². The second kappa shape index (κ2) is 3.73. The summed E-state index contributed by atoms with van der Waals surface area (Å²) >= 11 is 0. The molecule has 0 radical (unpaired) electrons. The molecule has 0 aromatic rings. The van der Waals surface area contributed by atoms with Gasteiger partial charge in [0.25, 0.3) is 0 Å². The number of nitrogens with one attached hydrogen (secondary N) is 1. The molecule has 2 aliphatic carbocycles. The van der Waals surface area contributed by atoms with E-state index < -0.39 is 16.9 Å². The van der Waals surface area contributed by atoms with Gasteiger partial charge in [-0.2, -0.15) is 0 Å². The molecule has 90 valence electrons. The number of amides is 1. The van der Waals surface area contributed by atoms with Gasteiger partial charge in [0.15, 0.2) is 0 Å². The molecule has 0 spiro atoms. The number of nitrogens with two attached hydrogens (primary N) is 1. The molecule has 2 aliphatic rings. The molecule has 0 aromatic heterocycles. The highest BCUT2D eigenvalue weighted by atomic mass is 16.4. The summed E-state index contributed by atoms with van der Waals surface area (Å²) in [5.74, 6) is -1.08. The van der Waals surface area contributed by atoms with Gasteiger partial charge >= 0.3 is 5.97 Å². The lowest BCUT2D eigenvalue weighted by Crippen LogP contribution is -2.63. The van der Waals surface area contributed by atoms with E-state index in [1.807, 2.05) is 0 Å². The van der Waals surface area contributed by atoms with Crippen LogP contribution in [-0.4, -0.2) is 29.1 Å². The van der Waals surface area contributed by atoms with E-state index in [0.717, 1.165) is 25.7 Å². The molecule has 5 nitrogen and oxygen atoms in total. The highest BCUT2D eigenvalue weighted by Gasteiger charge is 2.50. The fourth-order valence-electron chi connectivity index (χ4n) is 2.40. The highest BCUT2D eigenvalue weighted by Crippen LogP contribution is 2.42. The average Bonchev–Trinajstić information content (AvgIpc) is 2.09. The molecule has 1 amide bonds. The number of rotatable bonds is 4. The Morgan fingerprint density at radius 1 is 1.19 bits per heavy atom. The van der Waals surface area contributed by atoms with Crippen molar-refractivity contribution in [2.75, 3.05) is 6.54 Å². The maximum absolute atomic E-state index is 12.0. The van der Waals surface area contributed by atoms with Gasteiger partial charge in [0.2, 0.25) is 5.91 Å². The molecule has 5 heteroatoms. The molecule has 0 atom stereocenters. The first-order chi connectivity index (χ1) is 7.55. The molecule has 2 saturated carbocycles. The predicted molar refractivity (Wildman–Crippen MR) is 57.7 cm³/mol. The van der Waals surface area contributed by atoms with E-state index in [1.165, 1.54) is 0 Å². The van der Waals surface area contributed by atoms with Gasteiger partial charge in [0, 0.05) is 6.54 Å². The van der Waals surface area contributed by atoms with E-state index in [0.29, 0.717) is 19.4 Å². The Balaban J connectivity index is 2.03. The van der Waals surface area contributed by atoms with Gasteiger partial charge in [-0.3, -0.25) is 4.79 Å². The number of aliphatic carboxylic acids is 1. The number of carboxylic acid groups (broad SMARTS) is 1. The van der Waals surface area contributed by atoms with Gasteiger partial charge in [0.05, 0.1) is 5.41 Å². The van der Waals surface area contributed by atoms with Gasteiger partial charge in [-0.05, 0) is 32.1 Å². The molecule has 0 aliphatic heterocycles. The Morgan fingerprint density at radius 2 is 1.75 bits per heavy atom. The van der Waals surface area contributed by atoms with Crippen molar-refractivity contribution >= 4 is 11.9 Å². The smallest absolute Gasteiger partial charge is 0.329 e. The van der Waals surface area contributed by atoms with Crippen LogP contribution >= 0.6 is 0 Å². The molecular formula is C11H18N2O3. The summed E-state index contributed by atoms with van der Waals surface area (Å²) in [5.41, 5.74) is 4.12. The van der Waals surface area contributed by atoms with Crippen LogP contribution in [-0.2, 0) is 9.59 Å². The fourth-order valence-corrected chi connectivity index (χ4v) is 2.40. The normalized spacial score (nSPS) is 25.1. The quantitative estimate of drug-likeness (QED) is 0.640. The van der Waals surface area contributed by atoms with Crippen LogP contribution in [0.2, 0.25) is 0 Å². The zero-order valence-electron chi connectivity index (χ0n) is 9.29. The van der Waals surface area contributed by atoms with Gasteiger partial charge < -0.3 is 16.2 Å². The van der Waals surface area contributed by atoms with Gasteiger partial charge in [0.1, 0.15) is 5.54 Å². The summed E-state index contributed by atoms with van der Waals surface area (Å²) in [5, 5.41) is 11.8. The topological polar surface area (TPSA) is 92.4 Å². The maximum atomic E-state index is 12.0. The Labute approximate surface area is 94.4 Å². The van der Waals surface area contributed by atoms with Crippen molar-refractivity contribution in [2.24, 2.45) is 11.1 Å². The number of carbonyl (C=O) groups is 2. The summed E-state index contributed by atoms with van der Waals surface area (Å²) in [4.78, 5) is 23.2. The summed E-state index contributed by atoms with van der Waals surface area (Å²) in [7, 11) is 0. The molecule has 0 bridgehead atoms. The van der Waals surface area contributed by atoms with Gasteiger partial charge in [-0.15, -0.1) is 0 Å². The van der Waals surface area contributed by atoms with E-state index >= 15 is 0 Å². The van der Waals surface area contributed by atoms with E-state index in [1.54, 1.807) is 0 Å². The third-order valence-corrected chi connectivity index (χ3v) is 4.15. The monoisotopic (exact) mass is 226 g/mol. The summed E-state index contributed by atoms with van der Waals surface area (Å²) < 4.78 is 0. The van der Waals surface area contributed by atoms with Crippen molar-refractivity contribution in [1.29, 1.82) is 0 Å². The maximum Gasteiger partial charge on any atom is 0.329 e. The fraction of sp³-hybridized carbons (Fsp3) is 0.818. The second-order valence-electron chi connectivity index (χ2n) is 5.03. The Kier molecular flexibility index (Phi) is 2.66. The predicted octanol–water partition coefficient (Wildman–Crippen LogP) is 0.239. The van der Waals surface area contributed by atoms with Crippen molar-refractivity contribution < 1.29 is 14.7 Å². The zero-order valence-corrected chi connectivity index (χ0v) is 9.29. The number of carboxylic acids is 1. The van der Waals surface area contributed by atoms with Crippen LogP contribution in [0.3, 0.4) is 0 Å². The SMILES string of the molecule is NCC1(C(=O)NC2(C(=O)O)CCC2)CCC1. The zero-order chi connectivity index (χ0) is 11.8. The number of hydrogen-bond acceptors (Lipinski definition) is 3. The Hall–Kier alpha value is -1.10. The molecule has 0 unspecified atom stereocenters. The third kappa shape index (κ3) is 1.50. The summed E-state index contributed by atoms with van der Waals surface area (Å²) in [6, 6.07) is 0. The lowest BCUT2D eigenvalue weighted by molar-refractivity contribution is -0.155. The van der Waals surface area contributed by atoms with Crippen molar-refractivity contribution in [3.05, 3.63) is 0 Å². The minimum absolute atomic E-state index is 0.164. The summed E-state index contributed by atoms with van der Waals surface area (Å²) in [6.45, 7) is 0.314. The molecule has 4 N–H and O–H groups in total. The summed E-state index contributed by atoms with van der Waals surface area (Å²) in [6.07, 6.45) is 4.51.